The molecule has 0 fully saturated rings. The van der Waals surface area contributed by atoms with Crippen LogP contribution in [-0.4, -0.2) is 6.88 Å². The summed E-state index contributed by atoms with van der Waals surface area (Å²) in [4.78, 5) is 0. The number of rotatable bonds is 8. The second-order valence-corrected chi connectivity index (χ2v) is 18.5. The average molecular weight is 977 g/mol. The molecule has 0 heterocycles. The molecule has 68 heavy (non-hydrogen) atoms. The third-order valence-electron chi connectivity index (χ3n) is 12.5. The maximum absolute atomic E-state index is 3.06. The van der Waals surface area contributed by atoms with Crippen LogP contribution in [-0.2, 0) is 36.2 Å². The molecule has 0 unspecified atom stereocenters. The number of benzene rings is 8. The van der Waals surface area contributed by atoms with Crippen molar-refractivity contribution in [2.75, 3.05) is 0 Å². The second kappa shape index (κ2) is 22.9. The molecule has 0 aliphatic carbocycles. The third kappa shape index (κ3) is 12.0. The van der Waals surface area contributed by atoms with Crippen molar-refractivity contribution in [1.82, 2.24) is 0 Å². The molecule has 0 atom stereocenters. The summed E-state index contributed by atoms with van der Waals surface area (Å²) in [6.07, 6.45) is 1.90. The number of hydrogen-bond acceptors (Lipinski definition) is 0. The van der Waals surface area contributed by atoms with Crippen LogP contribution in [0.2, 0.25) is 0 Å². The Bertz CT molecular complexity index is 2830. The SMILES string of the molecule is Cc1cc(C)cc(-c2ccc(-c3cc(C)cc(C)c3)c3[cH-]c(Cc4ccccc4)cc23)c1.Cc1cc(C)cc(-c2ccc(-c3cc(C)cc(C)c3)c3[cH-]c(Cc4ccccc4)cc23)c1.[CH3-].[CH3-].[Si]=[Zr]. The first-order valence-electron chi connectivity index (χ1n) is 23.0. The molecule has 10 aromatic carbocycles. The van der Waals surface area contributed by atoms with Crippen LogP contribution in [0, 0.1) is 70.2 Å². The fourth-order valence-electron chi connectivity index (χ4n) is 10.1. The first-order chi connectivity index (χ1) is 31.9. The molecule has 2 heteroatoms. The molecule has 340 valence electrons. The van der Waals surface area contributed by atoms with E-state index in [0.29, 0.717) is 0 Å². The number of fused-ring (bicyclic) bond motifs is 2. The van der Waals surface area contributed by atoms with Crippen molar-refractivity contribution in [2.24, 2.45) is 0 Å². The van der Waals surface area contributed by atoms with Gasteiger partial charge in [0, 0.05) is 0 Å². The van der Waals surface area contributed by atoms with Crippen LogP contribution < -0.4 is 0 Å². The molecule has 0 bridgehead atoms. The summed E-state index contributed by atoms with van der Waals surface area (Å²) < 4.78 is 0. The van der Waals surface area contributed by atoms with Crippen molar-refractivity contribution in [1.29, 1.82) is 0 Å². The Balaban J connectivity index is 0.000000210. The van der Waals surface area contributed by atoms with Gasteiger partial charge in [0.05, 0.1) is 0 Å². The van der Waals surface area contributed by atoms with Crippen LogP contribution in [0.4, 0.5) is 0 Å². The van der Waals surface area contributed by atoms with Gasteiger partial charge in [0.15, 0.2) is 0 Å². The van der Waals surface area contributed by atoms with Gasteiger partial charge in [0.25, 0.3) is 0 Å². The van der Waals surface area contributed by atoms with Crippen molar-refractivity contribution in [3.8, 4) is 44.5 Å². The topological polar surface area (TPSA) is 0 Å². The quantitative estimate of drug-likeness (QED) is 0.105. The summed E-state index contributed by atoms with van der Waals surface area (Å²) in [7, 11) is 0. The first kappa shape index (κ1) is 51.5. The van der Waals surface area contributed by atoms with Gasteiger partial charge < -0.3 is 14.9 Å². The van der Waals surface area contributed by atoms with Crippen molar-refractivity contribution in [2.45, 2.75) is 68.2 Å². The van der Waals surface area contributed by atoms with Crippen molar-refractivity contribution in [3.05, 3.63) is 264 Å². The van der Waals surface area contributed by atoms with E-state index in [1.807, 2.05) is 0 Å². The summed E-state index contributed by atoms with van der Waals surface area (Å²) >= 11 is 1.36. The predicted octanol–water partition coefficient (Wildman–Crippen LogP) is 18.0. The van der Waals surface area contributed by atoms with E-state index < -0.39 is 0 Å². The van der Waals surface area contributed by atoms with Gasteiger partial charge in [-0.1, -0.05) is 236 Å². The van der Waals surface area contributed by atoms with Gasteiger partial charge in [-0.25, -0.2) is 0 Å². The third-order valence-corrected chi connectivity index (χ3v) is 12.5. The van der Waals surface area contributed by atoms with E-state index in [4.69, 9.17) is 0 Å². The molecule has 0 aromatic heterocycles. The van der Waals surface area contributed by atoms with E-state index in [2.05, 4.69) is 244 Å². The summed E-state index contributed by atoms with van der Waals surface area (Å²) in [6.45, 7) is 20.5. The zero-order chi connectivity index (χ0) is 46.5. The molecule has 0 aliphatic rings. The molecular formula is C66H64SiZr-4. The summed E-state index contributed by atoms with van der Waals surface area (Å²) in [5, 5.41) is 5.38. The van der Waals surface area contributed by atoms with Gasteiger partial charge in [-0.15, -0.1) is 44.8 Å². The Morgan fingerprint density at radius 1 is 0.324 bits per heavy atom. The maximum atomic E-state index is 3.06. The number of hydrogen-bond donors (Lipinski definition) is 0. The van der Waals surface area contributed by atoms with Crippen LogP contribution in [0.5, 0.6) is 0 Å². The first-order valence-corrected chi connectivity index (χ1v) is 27.2. The molecule has 0 N–H and O–H groups in total. The van der Waals surface area contributed by atoms with E-state index >= 15 is 0 Å². The minimum absolute atomic E-state index is 0. The van der Waals surface area contributed by atoms with Gasteiger partial charge in [0.2, 0.25) is 0 Å². The zero-order valence-corrected chi connectivity index (χ0v) is 45.2. The van der Waals surface area contributed by atoms with Gasteiger partial charge in [-0.3, -0.25) is 0 Å². The zero-order valence-electron chi connectivity index (χ0n) is 41.7. The summed E-state index contributed by atoms with van der Waals surface area (Å²) in [5.41, 5.74) is 26.4. The molecule has 0 saturated carbocycles. The van der Waals surface area contributed by atoms with E-state index in [0.717, 1.165) is 12.8 Å². The summed E-state index contributed by atoms with van der Waals surface area (Å²) in [5.74, 6) is 0. The van der Waals surface area contributed by atoms with Crippen LogP contribution in [0.3, 0.4) is 0 Å². The van der Waals surface area contributed by atoms with Crippen LogP contribution >= 0.6 is 0 Å². The summed E-state index contributed by atoms with van der Waals surface area (Å²) in [6, 6.07) is 67.9. The Morgan fingerprint density at radius 2 is 0.574 bits per heavy atom. The van der Waals surface area contributed by atoms with E-state index in [1.54, 1.807) is 0 Å². The van der Waals surface area contributed by atoms with Crippen molar-refractivity contribution < 1.29 is 23.3 Å². The molecule has 0 aliphatic heterocycles. The Labute approximate surface area is 425 Å². The van der Waals surface area contributed by atoms with Gasteiger partial charge in [0.1, 0.15) is 0 Å². The Hall–Kier alpha value is -5.92. The molecule has 10 rings (SSSR count). The monoisotopic (exact) mass is 974 g/mol. The van der Waals surface area contributed by atoms with Gasteiger partial charge >= 0.3 is 30.2 Å². The van der Waals surface area contributed by atoms with E-state index in [9.17, 15) is 0 Å². The fourth-order valence-corrected chi connectivity index (χ4v) is 10.1. The average Bonchev–Trinajstić information content (AvgIpc) is 3.90. The normalized spacial score (nSPS) is 10.6. The predicted molar refractivity (Wildman–Crippen MR) is 296 cm³/mol. The van der Waals surface area contributed by atoms with Crippen LogP contribution in [0.15, 0.2) is 182 Å². The molecule has 0 nitrogen and oxygen atoms in total. The van der Waals surface area contributed by atoms with Gasteiger partial charge in [-0.2, -0.15) is 12.1 Å². The molecule has 0 spiro atoms. The standard InChI is InChI=1S/2C32H29.2CH3.Si.Zr/c2*1-21-12-22(2)15-27(14-21)29-10-11-30(28-16-23(3)13-24(4)17-28)32-20-26(19-31(29)32)18-25-8-6-5-7-9-25;;;;/h2*5-17,19-20H,18H2,1-4H3;2*1H3;;/q4*-1;;. The van der Waals surface area contributed by atoms with Crippen LogP contribution in [0.1, 0.15) is 66.8 Å². The second-order valence-electron chi connectivity index (χ2n) is 18.5. The molecular weight excluding hydrogens is 912 g/mol. The molecule has 10 aromatic rings. The van der Waals surface area contributed by atoms with Crippen molar-refractivity contribution >= 4 is 28.4 Å². The molecule has 0 saturated heterocycles. The molecule has 0 amide bonds. The van der Waals surface area contributed by atoms with E-state index in [1.165, 1.54) is 156 Å². The van der Waals surface area contributed by atoms with Gasteiger partial charge in [-0.05, 0) is 90.5 Å². The van der Waals surface area contributed by atoms with Crippen LogP contribution in [0.25, 0.3) is 66.1 Å². The Morgan fingerprint density at radius 3 is 0.853 bits per heavy atom. The minimum atomic E-state index is 0. The fraction of sp³-hybridized carbons (Fsp3) is 0.152. The molecule has 2 radical (unpaired) electrons. The Kier molecular flexibility index (Phi) is 17.3. The van der Waals surface area contributed by atoms with Crippen molar-refractivity contribution in [3.63, 3.8) is 0 Å². The number of aryl methyl sites for hydroxylation is 8. The van der Waals surface area contributed by atoms with E-state index in [-0.39, 0.29) is 14.9 Å².